The normalized spacial score (nSPS) is 11.9. The molecule has 2 aromatic carbocycles. The minimum absolute atomic E-state index is 0.137. The van der Waals surface area contributed by atoms with E-state index in [2.05, 4.69) is 14.7 Å². The van der Waals surface area contributed by atoms with Gasteiger partial charge in [0.15, 0.2) is 0 Å². The van der Waals surface area contributed by atoms with Gasteiger partial charge in [-0.2, -0.15) is 8.42 Å². The first-order valence-corrected chi connectivity index (χ1v) is 10.1. The SMILES string of the molecule is COc1ccccc1CC(=NS(=O)(=O)c1ccc(C)cc1)Nc1ccccn1. The number of aryl methyl sites for hydroxylation is 1. The molecule has 144 valence electrons. The largest absolute Gasteiger partial charge is 0.496 e. The van der Waals surface area contributed by atoms with Crippen molar-refractivity contribution in [3.63, 3.8) is 0 Å². The van der Waals surface area contributed by atoms with Gasteiger partial charge in [0.05, 0.1) is 12.0 Å². The van der Waals surface area contributed by atoms with Crippen molar-refractivity contribution >= 4 is 21.7 Å². The zero-order valence-corrected chi connectivity index (χ0v) is 16.5. The Bertz CT molecular complexity index is 1060. The summed E-state index contributed by atoms with van der Waals surface area (Å²) in [5.74, 6) is 1.42. The quantitative estimate of drug-likeness (QED) is 0.507. The van der Waals surface area contributed by atoms with Crippen molar-refractivity contribution in [2.45, 2.75) is 18.2 Å². The molecule has 3 rings (SSSR count). The van der Waals surface area contributed by atoms with Crippen molar-refractivity contribution in [1.82, 2.24) is 4.98 Å². The Morgan fingerprint density at radius 1 is 1.04 bits per heavy atom. The molecular formula is C21H21N3O3S. The lowest BCUT2D eigenvalue weighted by Crippen LogP contribution is -2.18. The number of hydrogen-bond acceptors (Lipinski definition) is 4. The highest BCUT2D eigenvalue weighted by atomic mass is 32.2. The van der Waals surface area contributed by atoms with Crippen molar-refractivity contribution in [3.05, 3.63) is 84.1 Å². The van der Waals surface area contributed by atoms with E-state index in [0.717, 1.165) is 11.1 Å². The number of aromatic nitrogens is 1. The second-order valence-electron chi connectivity index (χ2n) is 6.15. The van der Waals surface area contributed by atoms with Crippen LogP contribution in [0.5, 0.6) is 5.75 Å². The minimum Gasteiger partial charge on any atom is -0.496 e. The summed E-state index contributed by atoms with van der Waals surface area (Å²) in [6.07, 6.45) is 1.86. The second-order valence-corrected chi connectivity index (χ2v) is 7.76. The van der Waals surface area contributed by atoms with Crippen LogP contribution in [0, 0.1) is 6.92 Å². The summed E-state index contributed by atoms with van der Waals surface area (Å²) in [6, 6.07) is 19.3. The molecule has 1 N–H and O–H groups in total. The van der Waals surface area contributed by atoms with E-state index in [0.29, 0.717) is 11.6 Å². The van der Waals surface area contributed by atoms with Gasteiger partial charge in [-0.25, -0.2) is 4.98 Å². The van der Waals surface area contributed by atoms with E-state index in [1.165, 1.54) is 0 Å². The molecule has 0 radical (unpaired) electrons. The summed E-state index contributed by atoms with van der Waals surface area (Å²) in [6.45, 7) is 1.90. The maximum absolute atomic E-state index is 12.8. The first kappa shape index (κ1) is 19.6. The number of amidine groups is 1. The van der Waals surface area contributed by atoms with Crippen molar-refractivity contribution in [1.29, 1.82) is 0 Å². The summed E-state index contributed by atoms with van der Waals surface area (Å²) < 4.78 is 35.1. The Labute approximate surface area is 165 Å². The highest BCUT2D eigenvalue weighted by Gasteiger charge is 2.16. The molecule has 0 amide bonds. The van der Waals surface area contributed by atoms with Crippen LogP contribution in [0.2, 0.25) is 0 Å². The molecule has 0 saturated heterocycles. The van der Waals surface area contributed by atoms with E-state index < -0.39 is 10.0 Å². The molecule has 28 heavy (non-hydrogen) atoms. The van der Waals surface area contributed by atoms with Gasteiger partial charge < -0.3 is 10.1 Å². The summed E-state index contributed by atoms with van der Waals surface area (Å²) in [5.41, 5.74) is 1.79. The molecule has 0 aliphatic rings. The Hall–Kier alpha value is -3.19. The van der Waals surface area contributed by atoms with Crippen LogP contribution < -0.4 is 10.1 Å². The molecule has 0 fully saturated rings. The molecule has 0 spiro atoms. The van der Waals surface area contributed by atoms with Gasteiger partial charge in [0.2, 0.25) is 0 Å². The standard InChI is InChI=1S/C21H21N3O3S/c1-16-10-12-18(13-11-16)28(25,26)24-21(23-20-9-5-6-14-22-20)15-17-7-3-4-8-19(17)27-2/h3-14H,15H2,1-2H3,(H,22,23,24). The summed E-state index contributed by atoms with van der Waals surface area (Å²) >= 11 is 0. The minimum atomic E-state index is -3.88. The fraction of sp³-hybridized carbons (Fsp3) is 0.143. The number of ether oxygens (including phenoxy) is 1. The number of para-hydroxylation sites is 1. The molecule has 3 aromatic rings. The van der Waals surface area contributed by atoms with Crippen LogP contribution >= 0.6 is 0 Å². The van der Waals surface area contributed by atoms with E-state index in [-0.39, 0.29) is 17.2 Å². The number of nitrogens with zero attached hydrogens (tertiary/aromatic N) is 2. The molecule has 0 unspecified atom stereocenters. The van der Waals surface area contributed by atoms with E-state index in [1.54, 1.807) is 49.7 Å². The fourth-order valence-electron chi connectivity index (χ4n) is 2.62. The van der Waals surface area contributed by atoms with Gasteiger partial charge in [-0.05, 0) is 37.3 Å². The first-order chi connectivity index (χ1) is 13.5. The van der Waals surface area contributed by atoms with E-state index in [1.807, 2.05) is 37.3 Å². The number of pyridine rings is 1. The molecule has 0 atom stereocenters. The Morgan fingerprint density at radius 3 is 2.43 bits per heavy atom. The van der Waals surface area contributed by atoms with Crippen LogP contribution in [-0.2, 0) is 16.4 Å². The molecule has 7 heteroatoms. The summed E-state index contributed by atoms with van der Waals surface area (Å²) in [4.78, 5) is 4.34. The Kier molecular flexibility index (Phi) is 6.06. The van der Waals surface area contributed by atoms with Crippen molar-refractivity contribution in [3.8, 4) is 5.75 Å². The highest BCUT2D eigenvalue weighted by molar-refractivity contribution is 7.90. The van der Waals surface area contributed by atoms with Gasteiger partial charge in [0, 0.05) is 18.2 Å². The van der Waals surface area contributed by atoms with Crippen molar-refractivity contribution in [2.24, 2.45) is 4.40 Å². The highest BCUT2D eigenvalue weighted by Crippen LogP contribution is 2.20. The average Bonchev–Trinajstić information content (AvgIpc) is 2.69. The molecule has 6 nitrogen and oxygen atoms in total. The Morgan fingerprint density at radius 2 is 1.75 bits per heavy atom. The van der Waals surface area contributed by atoms with Gasteiger partial charge in [-0.3, -0.25) is 0 Å². The van der Waals surface area contributed by atoms with Gasteiger partial charge in [0.25, 0.3) is 10.0 Å². The van der Waals surface area contributed by atoms with E-state index in [9.17, 15) is 8.42 Å². The number of sulfonamides is 1. The third-order valence-corrected chi connectivity index (χ3v) is 5.37. The van der Waals surface area contributed by atoms with Gasteiger partial charge in [-0.1, -0.05) is 42.0 Å². The monoisotopic (exact) mass is 395 g/mol. The first-order valence-electron chi connectivity index (χ1n) is 8.68. The van der Waals surface area contributed by atoms with Crippen LogP contribution in [0.1, 0.15) is 11.1 Å². The zero-order valence-electron chi connectivity index (χ0n) is 15.7. The average molecular weight is 395 g/mol. The number of benzene rings is 2. The van der Waals surface area contributed by atoms with Gasteiger partial charge in [-0.15, -0.1) is 4.40 Å². The molecule has 0 saturated carbocycles. The maximum atomic E-state index is 12.8. The van der Waals surface area contributed by atoms with Gasteiger partial charge >= 0.3 is 0 Å². The Balaban J connectivity index is 1.99. The van der Waals surface area contributed by atoms with E-state index >= 15 is 0 Å². The molecule has 0 aliphatic carbocycles. The third-order valence-electron chi connectivity index (χ3n) is 4.04. The molecule has 1 aromatic heterocycles. The summed E-state index contributed by atoms with van der Waals surface area (Å²) in [5, 5.41) is 3.02. The predicted molar refractivity (Wildman–Crippen MR) is 110 cm³/mol. The lowest BCUT2D eigenvalue weighted by Gasteiger charge is -2.12. The van der Waals surface area contributed by atoms with Crippen LogP contribution in [0.3, 0.4) is 0 Å². The lowest BCUT2D eigenvalue weighted by molar-refractivity contribution is 0.411. The molecular weight excluding hydrogens is 374 g/mol. The van der Waals surface area contributed by atoms with Crippen LogP contribution in [0.15, 0.2) is 82.2 Å². The zero-order chi connectivity index (χ0) is 20.0. The predicted octanol–water partition coefficient (Wildman–Crippen LogP) is 3.84. The molecule has 1 heterocycles. The summed E-state index contributed by atoms with van der Waals surface area (Å²) in [7, 11) is -2.30. The van der Waals surface area contributed by atoms with Gasteiger partial charge in [0.1, 0.15) is 17.4 Å². The molecule has 0 aliphatic heterocycles. The second kappa shape index (κ2) is 8.67. The molecule has 0 bridgehead atoms. The lowest BCUT2D eigenvalue weighted by atomic mass is 10.1. The topological polar surface area (TPSA) is 80.6 Å². The number of methoxy groups -OCH3 is 1. The van der Waals surface area contributed by atoms with Crippen LogP contribution in [-0.4, -0.2) is 26.3 Å². The van der Waals surface area contributed by atoms with Crippen molar-refractivity contribution < 1.29 is 13.2 Å². The maximum Gasteiger partial charge on any atom is 0.283 e. The van der Waals surface area contributed by atoms with Crippen LogP contribution in [0.25, 0.3) is 0 Å². The smallest absolute Gasteiger partial charge is 0.283 e. The van der Waals surface area contributed by atoms with Crippen molar-refractivity contribution in [2.75, 3.05) is 12.4 Å². The number of anilines is 1. The third kappa shape index (κ3) is 4.95. The number of hydrogen-bond donors (Lipinski definition) is 1. The van der Waals surface area contributed by atoms with Crippen LogP contribution in [0.4, 0.5) is 5.82 Å². The number of rotatable bonds is 6. The fourth-order valence-corrected chi connectivity index (χ4v) is 3.61. The van der Waals surface area contributed by atoms with E-state index in [4.69, 9.17) is 4.74 Å². The number of nitrogens with one attached hydrogen (secondary N) is 1.